The van der Waals surface area contributed by atoms with Gasteiger partial charge in [0.05, 0.1) is 12.1 Å². The van der Waals surface area contributed by atoms with E-state index in [2.05, 4.69) is 10.3 Å². The lowest BCUT2D eigenvalue weighted by Gasteiger charge is -2.34. The van der Waals surface area contributed by atoms with Gasteiger partial charge in [0.25, 0.3) is 0 Å². The van der Waals surface area contributed by atoms with Crippen LogP contribution in [0.5, 0.6) is 0 Å². The Morgan fingerprint density at radius 1 is 0.933 bits per heavy atom. The molecule has 3 aromatic rings. The summed E-state index contributed by atoms with van der Waals surface area (Å²) in [5.41, 5.74) is 3.29. The van der Waals surface area contributed by atoms with Gasteiger partial charge in [-0.1, -0.05) is 30.3 Å². The number of carbonyl (C=O) groups is 2. The van der Waals surface area contributed by atoms with Crippen LogP contribution in [0.2, 0.25) is 0 Å². The van der Waals surface area contributed by atoms with Gasteiger partial charge in [-0.15, -0.1) is 0 Å². The van der Waals surface area contributed by atoms with Crippen molar-refractivity contribution in [2.75, 3.05) is 10.2 Å². The molecule has 3 rings (SSSR count). The van der Waals surface area contributed by atoms with Crippen LogP contribution in [0, 0.1) is 0 Å². The monoisotopic (exact) mass is 403 g/mol. The van der Waals surface area contributed by atoms with E-state index in [9.17, 15) is 14.7 Å². The zero-order valence-corrected chi connectivity index (χ0v) is 17.3. The number of anilines is 2. The average molecular weight is 403 g/mol. The average Bonchev–Trinajstić information content (AvgIpc) is 2.69. The van der Waals surface area contributed by atoms with E-state index in [0.29, 0.717) is 16.9 Å². The molecule has 0 aliphatic heterocycles. The Morgan fingerprint density at radius 3 is 2.13 bits per heavy atom. The van der Waals surface area contributed by atoms with E-state index < -0.39 is 11.6 Å². The molecule has 30 heavy (non-hydrogen) atoms. The SMILES string of the molecule is CC(C)(C)N(C(=O)O)c1ccccc1CC(=O)Nc1ccc(-c2ccncc2)cc1. The van der Waals surface area contributed by atoms with Crippen LogP contribution in [0.4, 0.5) is 16.2 Å². The first-order valence-corrected chi connectivity index (χ1v) is 9.67. The highest BCUT2D eigenvalue weighted by Gasteiger charge is 2.29. The molecule has 0 aliphatic carbocycles. The zero-order chi connectivity index (χ0) is 21.7. The van der Waals surface area contributed by atoms with E-state index >= 15 is 0 Å². The second-order valence-corrected chi connectivity index (χ2v) is 7.96. The third-order valence-electron chi connectivity index (χ3n) is 4.63. The molecule has 0 fully saturated rings. The summed E-state index contributed by atoms with van der Waals surface area (Å²) in [4.78, 5) is 29.8. The predicted octanol–water partition coefficient (Wildman–Crippen LogP) is 5.21. The maximum atomic E-state index is 12.6. The van der Waals surface area contributed by atoms with Crippen LogP contribution in [0.15, 0.2) is 73.1 Å². The summed E-state index contributed by atoms with van der Waals surface area (Å²) in [5, 5.41) is 12.6. The lowest BCUT2D eigenvalue weighted by atomic mass is 10.0. The number of hydrogen-bond donors (Lipinski definition) is 2. The molecule has 0 radical (unpaired) electrons. The molecule has 0 unspecified atom stereocenters. The van der Waals surface area contributed by atoms with Gasteiger partial charge in [0.2, 0.25) is 5.91 Å². The minimum absolute atomic E-state index is 0.0716. The van der Waals surface area contributed by atoms with Crippen molar-refractivity contribution in [3.8, 4) is 11.1 Å². The van der Waals surface area contributed by atoms with Gasteiger partial charge >= 0.3 is 6.09 Å². The highest BCUT2D eigenvalue weighted by atomic mass is 16.4. The Morgan fingerprint density at radius 2 is 1.53 bits per heavy atom. The standard InChI is InChI=1S/C24H25N3O3/c1-24(2,3)27(23(29)30)21-7-5-4-6-19(21)16-22(28)26-20-10-8-17(9-11-20)18-12-14-25-15-13-18/h4-15H,16H2,1-3H3,(H,26,28)(H,29,30). The molecule has 0 spiro atoms. The topological polar surface area (TPSA) is 82.5 Å². The summed E-state index contributed by atoms with van der Waals surface area (Å²) in [7, 11) is 0. The van der Waals surface area contributed by atoms with Gasteiger partial charge in [0.15, 0.2) is 0 Å². The van der Waals surface area contributed by atoms with Crippen molar-refractivity contribution >= 4 is 23.4 Å². The van der Waals surface area contributed by atoms with E-state index in [-0.39, 0.29) is 12.3 Å². The largest absolute Gasteiger partial charge is 0.465 e. The molecule has 0 aliphatic rings. The molecule has 0 saturated carbocycles. The molecule has 6 nitrogen and oxygen atoms in total. The zero-order valence-electron chi connectivity index (χ0n) is 17.3. The number of nitrogens with zero attached hydrogens (tertiary/aromatic N) is 2. The Balaban J connectivity index is 1.75. The smallest absolute Gasteiger partial charge is 0.412 e. The predicted molar refractivity (Wildman–Crippen MR) is 119 cm³/mol. The fourth-order valence-corrected chi connectivity index (χ4v) is 3.30. The van der Waals surface area contributed by atoms with Crippen molar-refractivity contribution in [3.05, 3.63) is 78.6 Å². The first-order valence-electron chi connectivity index (χ1n) is 9.67. The fraction of sp³-hybridized carbons (Fsp3) is 0.208. The molecule has 154 valence electrons. The van der Waals surface area contributed by atoms with Crippen molar-refractivity contribution in [1.29, 1.82) is 0 Å². The second-order valence-electron chi connectivity index (χ2n) is 7.96. The molecule has 1 heterocycles. The molecule has 1 aromatic heterocycles. The summed E-state index contributed by atoms with van der Waals surface area (Å²) < 4.78 is 0. The maximum absolute atomic E-state index is 12.6. The van der Waals surface area contributed by atoms with Crippen molar-refractivity contribution in [3.63, 3.8) is 0 Å². The fourth-order valence-electron chi connectivity index (χ4n) is 3.30. The molecule has 2 aromatic carbocycles. The molecule has 0 saturated heterocycles. The summed E-state index contributed by atoms with van der Waals surface area (Å²) in [5.74, 6) is -0.210. The molecular formula is C24H25N3O3. The number of pyridine rings is 1. The lowest BCUT2D eigenvalue weighted by molar-refractivity contribution is -0.115. The van der Waals surface area contributed by atoms with E-state index in [0.717, 1.165) is 11.1 Å². The van der Waals surface area contributed by atoms with Crippen LogP contribution >= 0.6 is 0 Å². The molecule has 0 atom stereocenters. The Hall–Kier alpha value is -3.67. The van der Waals surface area contributed by atoms with Crippen LogP contribution in [0.3, 0.4) is 0 Å². The van der Waals surface area contributed by atoms with E-state index in [4.69, 9.17) is 0 Å². The second kappa shape index (κ2) is 8.78. The molecule has 2 amide bonds. The summed E-state index contributed by atoms with van der Waals surface area (Å²) in [6.45, 7) is 5.47. The highest BCUT2D eigenvalue weighted by molar-refractivity contribution is 5.95. The maximum Gasteiger partial charge on any atom is 0.412 e. The van der Waals surface area contributed by atoms with Gasteiger partial charge in [0.1, 0.15) is 0 Å². The number of carboxylic acid groups (broad SMARTS) is 1. The van der Waals surface area contributed by atoms with Gasteiger partial charge < -0.3 is 10.4 Å². The quantitative estimate of drug-likeness (QED) is 0.612. The van der Waals surface area contributed by atoms with Gasteiger partial charge in [-0.05, 0) is 67.8 Å². The summed E-state index contributed by atoms with van der Waals surface area (Å²) >= 11 is 0. The van der Waals surface area contributed by atoms with E-state index in [1.807, 2.05) is 57.2 Å². The third kappa shape index (κ3) is 5.03. The number of carbonyl (C=O) groups excluding carboxylic acids is 1. The summed E-state index contributed by atoms with van der Waals surface area (Å²) in [6.07, 6.45) is 2.49. The number of benzene rings is 2. The van der Waals surface area contributed by atoms with Crippen LogP contribution in [-0.4, -0.2) is 27.6 Å². The van der Waals surface area contributed by atoms with Crippen LogP contribution in [0.25, 0.3) is 11.1 Å². The van der Waals surface area contributed by atoms with Crippen molar-refractivity contribution < 1.29 is 14.7 Å². The van der Waals surface area contributed by atoms with Crippen molar-refractivity contribution in [2.24, 2.45) is 0 Å². The summed E-state index contributed by atoms with van der Waals surface area (Å²) in [6, 6.07) is 18.5. The van der Waals surface area contributed by atoms with Crippen LogP contribution in [-0.2, 0) is 11.2 Å². The van der Waals surface area contributed by atoms with Crippen molar-refractivity contribution in [1.82, 2.24) is 4.98 Å². The molecular weight excluding hydrogens is 378 g/mol. The first-order chi connectivity index (χ1) is 14.3. The third-order valence-corrected chi connectivity index (χ3v) is 4.63. The van der Waals surface area contributed by atoms with Gasteiger partial charge in [0, 0.05) is 23.6 Å². The van der Waals surface area contributed by atoms with Crippen LogP contribution in [0.1, 0.15) is 26.3 Å². The first kappa shape index (κ1) is 21.0. The van der Waals surface area contributed by atoms with Crippen LogP contribution < -0.4 is 10.2 Å². The number of rotatable bonds is 5. The molecule has 0 bridgehead atoms. The van der Waals surface area contributed by atoms with E-state index in [1.54, 1.807) is 36.7 Å². The Kier molecular flexibility index (Phi) is 6.16. The lowest BCUT2D eigenvalue weighted by Crippen LogP contribution is -2.45. The number of hydrogen-bond acceptors (Lipinski definition) is 3. The highest BCUT2D eigenvalue weighted by Crippen LogP contribution is 2.28. The number of aromatic nitrogens is 1. The van der Waals surface area contributed by atoms with Crippen molar-refractivity contribution in [2.45, 2.75) is 32.7 Å². The van der Waals surface area contributed by atoms with Gasteiger partial charge in [-0.3, -0.25) is 14.7 Å². The molecule has 6 heteroatoms. The number of amides is 2. The Bertz CT molecular complexity index is 1030. The number of nitrogens with one attached hydrogen (secondary N) is 1. The minimum Gasteiger partial charge on any atom is -0.465 e. The van der Waals surface area contributed by atoms with Gasteiger partial charge in [-0.25, -0.2) is 4.79 Å². The number of para-hydroxylation sites is 1. The normalized spacial score (nSPS) is 11.0. The Labute approximate surface area is 176 Å². The molecule has 2 N–H and O–H groups in total. The van der Waals surface area contributed by atoms with Gasteiger partial charge in [-0.2, -0.15) is 0 Å². The minimum atomic E-state index is -1.05. The van der Waals surface area contributed by atoms with E-state index in [1.165, 1.54) is 4.90 Å².